The molecule has 4 atom stereocenters. The fourth-order valence-electron chi connectivity index (χ4n) is 8.43. The summed E-state index contributed by atoms with van der Waals surface area (Å²) >= 11 is 0. The molecule has 284 valence electrons. The number of amides is 3. The Morgan fingerprint density at radius 2 is 1.79 bits per heavy atom. The summed E-state index contributed by atoms with van der Waals surface area (Å²) in [7, 11) is 0. The number of carbonyl (C=O) groups excluding carboxylic acids is 3. The van der Waals surface area contributed by atoms with Gasteiger partial charge in [0.05, 0.1) is 24.2 Å². The maximum Gasteiger partial charge on any atom is 0.410 e. The van der Waals surface area contributed by atoms with Crippen molar-refractivity contribution < 1.29 is 33.0 Å². The fraction of sp³-hybridized carbons (Fsp3) is 0.564. The van der Waals surface area contributed by atoms with Crippen LogP contribution in [0.4, 0.5) is 19.8 Å². The molecule has 2 bridgehead atoms. The minimum absolute atomic E-state index is 0.0518. The van der Waals surface area contributed by atoms with Gasteiger partial charge in [0.2, 0.25) is 5.88 Å². The number of nitrogens with zero attached hydrogens (tertiary/aromatic N) is 6. The highest BCUT2D eigenvalue weighted by Crippen LogP contribution is 2.43. The van der Waals surface area contributed by atoms with Gasteiger partial charge < -0.3 is 29.3 Å². The second-order valence-electron chi connectivity index (χ2n) is 16.0. The lowest BCUT2D eigenvalue weighted by Crippen LogP contribution is -2.56. The van der Waals surface area contributed by atoms with Gasteiger partial charge in [0.15, 0.2) is 11.5 Å². The van der Waals surface area contributed by atoms with E-state index in [1.807, 2.05) is 36.4 Å². The number of aromatic nitrogens is 3. The Morgan fingerprint density at radius 3 is 2.55 bits per heavy atom. The second-order valence-corrected chi connectivity index (χ2v) is 16.0. The molecule has 3 amide bonds. The Kier molecular flexibility index (Phi) is 9.98. The van der Waals surface area contributed by atoms with Crippen molar-refractivity contribution in [2.45, 2.75) is 102 Å². The number of piperidine rings is 2. The van der Waals surface area contributed by atoms with Crippen LogP contribution in [0.3, 0.4) is 0 Å². The average Bonchev–Trinajstić information content (AvgIpc) is 3.83. The van der Waals surface area contributed by atoms with Gasteiger partial charge in [0, 0.05) is 37.8 Å². The monoisotopic (exact) mass is 731 g/mol. The smallest absolute Gasteiger partial charge is 0.410 e. The van der Waals surface area contributed by atoms with Gasteiger partial charge in [-0.3, -0.25) is 9.69 Å². The van der Waals surface area contributed by atoms with E-state index in [9.17, 15) is 18.8 Å². The Balaban J connectivity index is 1.05. The van der Waals surface area contributed by atoms with Crippen LogP contribution in [0.2, 0.25) is 0 Å². The molecule has 1 aromatic carbocycles. The van der Waals surface area contributed by atoms with Gasteiger partial charge in [-0.25, -0.2) is 19.0 Å². The van der Waals surface area contributed by atoms with E-state index >= 15 is 0 Å². The topological polar surface area (TPSA) is 131 Å². The molecule has 4 aliphatic rings. The first-order valence-electron chi connectivity index (χ1n) is 18.7. The van der Waals surface area contributed by atoms with Crippen LogP contribution in [-0.2, 0) is 20.9 Å². The first-order chi connectivity index (χ1) is 25.3. The number of carbonyl (C=O) groups is 3. The number of rotatable bonds is 9. The SMILES string of the molecule is C=C(F)C(=O)N1CCC(OC(=O)N2CC3CCC(Nc4ccnc5c(C(C)C)c(O[C@@H]6CCC(C)(C)N(C(=O)OCc7ccccc7)C6)nn45)(C3)C2)C1. The molecule has 13 nitrogen and oxygen atoms in total. The summed E-state index contributed by atoms with van der Waals surface area (Å²) in [6, 6.07) is 11.5. The Morgan fingerprint density at radius 1 is 1.00 bits per heavy atom. The van der Waals surface area contributed by atoms with Crippen LogP contribution in [0.25, 0.3) is 5.65 Å². The number of hydrogen-bond acceptors (Lipinski definition) is 9. The maximum atomic E-state index is 13.4. The zero-order chi connectivity index (χ0) is 37.5. The summed E-state index contributed by atoms with van der Waals surface area (Å²) in [6.45, 7) is 13.4. The van der Waals surface area contributed by atoms with Crippen molar-refractivity contribution in [3.63, 3.8) is 0 Å². The van der Waals surface area contributed by atoms with Gasteiger partial charge in [0.25, 0.3) is 5.91 Å². The van der Waals surface area contributed by atoms with E-state index in [4.69, 9.17) is 24.3 Å². The molecule has 14 heteroatoms. The van der Waals surface area contributed by atoms with Crippen molar-refractivity contribution >= 4 is 29.6 Å². The molecule has 3 unspecified atom stereocenters. The summed E-state index contributed by atoms with van der Waals surface area (Å²) in [6.07, 6.45) is 4.84. The lowest BCUT2D eigenvalue weighted by atomic mass is 9.89. The highest BCUT2D eigenvalue weighted by Gasteiger charge is 2.48. The van der Waals surface area contributed by atoms with Crippen molar-refractivity contribution in [3.8, 4) is 5.88 Å². The molecule has 7 rings (SSSR count). The van der Waals surface area contributed by atoms with Crippen molar-refractivity contribution in [3.05, 3.63) is 66.1 Å². The molecular weight excluding hydrogens is 681 g/mol. The molecule has 1 aliphatic carbocycles. The second kappa shape index (κ2) is 14.5. The highest BCUT2D eigenvalue weighted by atomic mass is 19.1. The van der Waals surface area contributed by atoms with Crippen molar-refractivity contribution in [1.29, 1.82) is 0 Å². The minimum atomic E-state index is -1.01. The van der Waals surface area contributed by atoms with Gasteiger partial charge in [-0.05, 0) is 69.4 Å². The number of nitrogens with one attached hydrogen (secondary N) is 1. The number of ether oxygens (including phenoxy) is 3. The molecule has 3 saturated heterocycles. The quantitative estimate of drug-likeness (QED) is 0.252. The van der Waals surface area contributed by atoms with Gasteiger partial charge in [0.1, 0.15) is 24.6 Å². The van der Waals surface area contributed by atoms with Gasteiger partial charge >= 0.3 is 12.2 Å². The largest absolute Gasteiger partial charge is 0.471 e. The molecule has 0 radical (unpaired) electrons. The Hall–Kier alpha value is -4.88. The predicted molar refractivity (Wildman–Crippen MR) is 195 cm³/mol. The van der Waals surface area contributed by atoms with E-state index in [1.54, 1.807) is 20.5 Å². The van der Waals surface area contributed by atoms with Crippen LogP contribution in [-0.4, -0.2) is 103 Å². The molecular formula is C39H50FN7O6. The first kappa shape index (κ1) is 36.5. The number of fused-ring (bicyclic) bond motifs is 3. The molecule has 2 aromatic heterocycles. The third-order valence-corrected chi connectivity index (χ3v) is 11.3. The molecule has 3 aromatic rings. The van der Waals surface area contributed by atoms with Crippen molar-refractivity contribution in [2.75, 3.05) is 38.0 Å². The maximum absolute atomic E-state index is 13.4. The number of likely N-dealkylation sites (tertiary alicyclic amines) is 3. The van der Waals surface area contributed by atoms with E-state index in [-0.39, 0.29) is 31.3 Å². The van der Waals surface area contributed by atoms with Crippen LogP contribution in [0.5, 0.6) is 5.88 Å². The van der Waals surface area contributed by atoms with E-state index < -0.39 is 35.0 Å². The van der Waals surface area contributed by atoms with E-state index in [2.05, 4.69) is 39.6 Å². The van der Waals surface area contributed by atoms with E-state index in [1.165, 1.54) is 4.90 Å². The molecule has 4 fully saturated rings. The van der Waals surface area contributed by atoms with E-state index in [0.717, 1.165) is 49.0 Å². The van der Waals surface area contributed by atoms with Crippen molar-refractivity contribution in [1.82, 2.24) is 29.3 Å². The van der Waals surface area contributed by atoms with Gasteiger partial charge in [-0.15, -0.1) is 5.10 Å². The Bertz CT molecular complexity index is 1870. The van der Waals surface area contributed by atoms with E-state index in [0.29, 0.717) is 50.0 Å². The fourth-order valence-corrected chi connectivity index (χ4v) is 8.43. The average molecular weight is 732 g/mol. The van der Waals surface area contributed by atoms with Crippen LogP contribution in [0, 0.1) is 5.92 Å². The van der Waals surface area contributed by atoms with Gasteiger partial charge in [-0.1, -0.05) is 50.8 Å². The molecule has 5 heterocycles. The van der Waals surface area contributed by atoms with Crippen LogP contribution >= 0.6 is 0 Å². The lowest BCUT2D eigenvalue weighted by molar-refractivity contribution is -0.128. The number of hydrogen-bond donors (Lipinski definition) is 1. The zero-order valence-electron chi connectivity index (χ0n) is 31.1. The predicted octanol–water partition coefficient (Wildman–Crippen LogP) is 6.30. The summed E-state index contributed by atoms with van der Waals surface area (Å²) in [4.78, 5) is 48.4. The van der Waals surface area contributed by atoms with Crippen LogP contribution in [0.1, 0.15) is 83.3 Å². The number of anilines is 1. The summed E-state index contributed by atoms with van der Waals surface area (Å²) < 4.78 is 33.4. The highest BCUT2D eigenvalue weighted by molar-refractivity contribution is 5.90. The van der Waals surface area contributed by atoms with Crippen molar-refractivity contribution in [2.24, 2.45) is 5.92 Å². The summed E-state index contributed by atoms with van der Waals surface area (Å²) in [5.74, 6) is -0.187. The summed E-state index contributed by atoms with van der Waals surface area (Å²) in [5, 5.41) is 8.74. The van der Waals surface area contributed by atoms with Crippen LogP contribution < -0.4 is 10.1 Å². The molecule has 0 spiro atoms. The molecule has 1 N–H and O–H groups in total. The number of benzene rings is 1. The van der Waals surface area contributed by atoms with Gasteiger partial charge in [-0.2, -0.15) is 4.52 Å². The Labute approximate surface area is 309 Å². The van der Waals surface area contributed by atoms with Crippen LogP contribution in [0.15, 0.2) is 55.0 Å². The zero-order valence-corrected chi connectivity index (χ0v) is 31.1. The molecule has 1 saturated carbocycles. The normalized spacial score (nSPS) is 25.1. The summed E-state index contributed by atoms with van der Waals surface area (Å²) in [5.41, 5.74) is 1.70. The third-order valence-electron chi connectivity index (χ3n) is 11.3. The lowest BCUT2D eigenvalue weighted by Gasteiger charge is -2.44. The molecule has 3 aliphatic heterocycles. The standard InChI is InChI=1S/C39H50FN7O6/c1-25(2)32-33-41-17-13-31(42-39-16-11-28(19-39)20-45(24-39)36(49)53-30-14-18-44(21-30)35(48)26(3)40)47(33)43-34(32)52-29-12-15-38(4,5)46(22-29)37(50)51-23-27-9-7-6-8-10-27/h6-10,13,17,25,28-30,42H,3,11-12,14-16,18-24H2,1-2,4-5H3/t28?,29-,30?,39?/m1/s1. The number of halogens is 1. The minimum Gasteiger partial charge on any atom is -0.471 e. The first-order valence-corrected chi connectivity index (χ1v) is 18.7. The molecule has 53 heavy (non-hydrogen) atoms. The third kappa shape index (κ3) is 7.63.